The van der Waals surface area contributed by atoms with E-state index in [2.05, 4.69) is 124 Å². The number of ether oxygens (including phenoxy) is 2. The van der Waals surface area contributed by atoms with Gasteiger partial charge in [-0.2, -0.15) is 0 Å². The van der Waals surface area contributed by atoms with Crippen LogP contribution in [0.5, 0.6) is 0 Å². The maximum Gasteiger partial charge on any atom is 0.169 e. The Kier molecular flexibility index (Phi) is 27.9. The Labute approximate surface area is 357 Å². The van der Waals surface area contributed by atoms with Crippen LogP contribution < -0.4 is 0 Å². The highest BCUT2D eigenvalue weighted by Crippen LogP contribution is 2.34. The molecule has 0 saturated heterocycles. The third-order valence-corrected chi connectivity index (χ3v) is 11.4. The summed E-state index contributed by atoms with van der Waals surface area (Å²) in [5.74, 6) is 0.569. The van der Waals surface area contributed by atoms with Crippen LogP contribution in [0.3, 0.4) is 0 Å². The Morgan fingerprint density at radius 3 is 0.897 bits per heavy atom. The molecule has 0 amide bonds. The molecule has 0 aromatic heterocycles. The molecule has 1 rings (SSSR count). The van der Waals surface area contributed by atoms with E-state index in [1.165, 1.54) is 83.6 Å². The standard InChI is InChI=1S/C54H86O4/c1-40(2)22-14-23-41(3)24-15-25-42(4)26-16-27-43(5)28-17-29-44(6)30-18-31-45(7)32-19-33-46(8)34-20-35-47(9)36-21-37-48(10)38-39-50-49(11)51(55)53(57-12)54(58-13)52(50)56/h22,24,26,28,30,32,34,36,38,51-52,55-56H,14-21,23,25,27,29,31,33,35,37,39H2,1-13H3. The molecule has 0 aliphatic heterocycles. The largest absolute Gasteiger partial charge is 0.494 e. The second-order valence-corrected chi connectivity index (χ2v) is 17.3. The van der Waals surface area contributed by atoms with E-state index in [1.54, 1.807) is 0 Å². The molecule has 4 nitrogen and oxygen atoms in total. The van der Waals surface area contributed by atoms with Gasteiger partial charge in [0.25, 0.3) is 0 Å². The molecule has 0 spiro atoms. The first-order chi connectivity index (χ1) is 27.6. The first kappa shape index (κ1) is 52.7. The van der Waals surface area contributed by atoms with Crippen molar-refractivity contribution in [2.75, 3.05) is 14.2 Å². The Hall–Kier alpha value is -3.34. The molecule has 2 atom stereocenters. The maximum absolute atomic E-state index is 10.8. The Morgan fingerprint density at radius 1 is 0.397 bits per heavy atom. The lowest BCUT2D eigenvalue weighted by molar-refractivity contribution is 0.0794. The number of rotatable bonds is 28. The van der Waals surface area contributed by atoms with Gasteiger partial charge in [-0.3, -0.25) is 0 Å². The summed E-state index contributed by atoms with van der Waals surface area (Å²) in [4.78, 5) is 0. The first-order valence-electron chi connectivity index (χ1n) is 22.4. The van der Waals surface area contributed by atoms with Crippen molar-refractivity contribution in [3.63, 3.8) is 0 Å². The average Bonchev–Trinajstić information content (AvgIpc) is 3.16. The summed E-state index contributed by atoms with van der Waals surface area (Å²) in [6.07, 6.45) is 38.2. The molecule has 0 aromatic carbocycles. The van der Waals surface area contributed by atoms with Gasteiger partial charge in [-0.1, -0.05) is 105 Å². The smallest absolute Gasteiger partial charge is 0.169 e. The summed E-state index contributed by atoms with van der Waals surface area (Å²) in [5, 5.41) is 21.5. The molecule has 58 heavy (non-hydrogen) atoms. The van der Waals surface area contributed by atoms with E-state index >= 15 is 0 Å². The normalized spacial score (nSPS) is 18.4. The number of aliphatic hydroxyl groups excluding tert-OH is 2. The molecule has 4 heteroatoms. The fourth-order valence-corrected chi connectivity index (χ4v) is 7.23. The SMILES string of the molecule is COC1=C(OC)C(O)C(CC=C(C)CCC=C(C)CCC=C(C)CCC=C(C)CCC=C(C)CCC=C(C)CCC=C(C)CCC=C(C)CCC=C(C)C)=C(C)C1O. The van der Waals surface area contributed by atoms with Crippen molar-refractivity contribution < 1.29 is 19.7 Å². The van der Waals surface area contributed by atoms with Gasteiger partial charge in [0.1, 0.15) is 12.2 Å². The Bertz CT molecular complexity index is 1590. The summed E-state index contributed by atoms with van der Waals surface area (Å²) in [6.45, 7) is 24.3. The molecule has 1 aliphatic carbocycles. The van der Waals surface area contributed by atoms with Gasteiger partial charge in [-0.05, 0) is 196 Å². The fraction of sp³-hybridized carbons (Fsp3) is 0.593. The van der Waals surface area contributed by atoms with Crippen LogP contribution in [0.25, 0.3) is 0 Å². The van der Waals surface area contributed by atoms with Gasteiger partial charge in [0, 0.05) is 0 Å². The minimum absolute atomic E-state index is 0.282. The lowest BCUT2D eigenvalue weighted by Gasteiger charge is -2.30. The van der Waals surface area contributed by atoms with Crippen molar-refractivity contribution >= 4 is 0 Å². The van der Waals surface area contributed by atoms with Crippen molar-refractivity contribution in [2.45, 2.75) is 198 Å². The highest BCUT2D eigenvalue weighted by atomic mass is 16.5. The van der Waals surface area contributed by atoms with E-state index in [4.69, 9.17) is 9.47 Å². The third kappa shape index (κ3) is 23.3. The number of methoxy groups -OCH3 is 2. The highest BCUT2D eigenvalue weighted by molar-refractivity contribution is 5.39. The molecule has 2 N–H and O–H groups in total. The van der Waals surface area contributed by atoms with E-state index in [0.717, 1.165) is 94.6 Å². The molecule has 2 unspecified atom stereocenters. The topological polar surface area (TPSA) is 58.9 Å². The van der Waals surface area contributed by atoms with E-state index in [-0.39, 0.29) is 11.5 Å². The summed E-state index contributed by atoms with van der Waals surface area (Å²) in [6, 6.07) is 0. The van der Waals surface area contributed by atoms with Crippen molar-refractivity contribution in [1.29, 1.82) is 0 Å². The molecular weight excluding hydrogens is 713 g/mol. The van der Waals surface area contributed by atoms with Gasteiger partial charge < -0.3 is 19.7 Å². The molecule has 0 aromatic rings. The summed E-state index contributed by atoms with van der Waals surface area (Å²) in [7, 11) is 2.98. The van der Waals surface area contributed by atoms with Crippen LogP contribution in [0, 0.1) is 0 Å². The second-order valence-electron chi connectivity index (χ2n) is 17.3. The summed E-state index contributed by atoms with van der Waals surface area (Å²) < 4.78 is 10.7. The predicted octanol–water partition coefficient (Wildman–Crippen LogP) is 15.7. The van der Waals surface area contributed by atoms with Gasteiger partial charge >= 0.3 is 0 Å². The molecule has 0 saturated carbocycles. The summed E-state index contributed by atoms with van der Waals surface area (Å²) in [5.41, 5.74) is 14.7. The molecule has 1 aliphatic rings. The number of hydrogen-bond donors (Lipinski definition) is 2. The van der Waals surface area contributed by atoms with E-state index in [1.807, 2.05) is 6.92 Å². The number of aliphatic hydroxyl groups is 2. The van der Waals surface area contributed by atoms with Gasteiger partial charge in [0.05, 0.1) is 14.2 Å². The average molecular weight is 799 g/mol. The van der Waals surface area contributed by atoms with Crippen molar-refractivity contribution in [2.24, 2.45) is 0 Å². The van der Waals surface area contributed by atoms with Gasteiger partial charge in [0.2, 0.25) is 0 Å². The number of allylic oxidation sites excluding steroid dienone is 18. The molecule has 0 fully saturated rings. The van der Waals surface area contributed by atoms with Crippen LogP contribution in [-0.4, -0.2) is 36.6 Å². The third-order valence-electron chi connectivity index (χ3n) is 11.4. The van der Waals surface area contributed by atoms with Gasteiger partial charge in [-0.25, -0.2) is 0 Å². The first-order valence-corrected chi connectivity index (χ1v) is 22.4. The Morgan fingerprint density at radius 2 is 0.638 bits per heavy atom. The molecule has 0 radical (unpaired) electrons. The van der Waals surface area contributed by atoms with Crippen LogP contribution in [0.4, 0.5) is 0 Å². The zero-order valence-electron chi connectivity index (χ0n) is 39.6. The monoisotopic (exact) mass is 799 g/mol. The van der Waals surface area contributed by atoms with E-state index < -0.39 is 12.2 Å². The van der Waals surface area contributed by atoms with Crippen molar-refractivity contribution in [3.8, 4) is 0 Å². The van der Waals surface area contributed by atoms with Gasteiger partial charge in [0.15, 0.2) is 11.5 Å². The number of hydrogen-bond acceptors (Lipinski definition) is 4. The highest BCUT2D eigenvalue weighted by Gasteiger charge is 2.34. The van der Waals surface area contributed by atoms with E-state index in [0.29, 0.717) is 6.42 Å². The predicted molar refractivity (Wildman–Crippen MR) is 254 cm³/mol. The molecule has 0 heterocycles. The molecular formula is C54H86O4. The van der Waals surface area contributed by atoms with Crippen LogP contribution in [-0.2, 0) is 9.47 Å². The second kappa shape index (κ2) is 30.7. The van der Waals surface area contributed by atoms with Crippen LogP contribution >= 0.6 is 0 Å². The summed E-state index contributed by atoms with van der Waals surface area (Å²) >= 11 is 0. The molecule has 0 bridgehead atoms. The van der Waals surface area contributed by atoms with Crippen LogP contribution in [0.15, 0.2) is 128 Å². The van der Waals surface area contributed by atoms with Crippen molar-refractivity contribution in [3.05, 3.63) is 128 Å². The zero-order valence-corrected chi connectivity index (χ0v) is 39.6. The van der Waals surface area contributed by atoms with E-state index in [9.17, 15) is 10.2 Å². The fourth-order valence-electron chi connectivity index (χ4n) is 7.23. The maximum atomic E-state index is 10.8. The Balaban J connectivity index is 2.32. The minimum Gasteiger partial charge on any atom is -0.494 e. The minimum atomic E-state index is -0.903. The van der Waals surface area contributed by atoms with Crippen LogP contribution in [0.2, 0.25) is 0 Å². The zero-order chi connectivity index (χ0) is 43.5. The van der Waals surface area contributed by atoms with Crippen molar-refractivity contribution in [1.82, 2.24) is 0 Å². The lowest BCUT2D eigenvalue weighted by Crippen LogP contribution is -2.31. The lowest BCUT2D eigenvalue weighted by atomic mass is 9.88. The van der Waals surface area contributed by atoms with Crippen LogP contribution in [0.1, 0.15) is 185 Å². The molecule has 326 valence electrons. The quantitative estimate of drug-likeness (QED) is 0.0774. The van der Waals surface area contributed by atoms with Gasteiger partial charge in [-0.15, -0.1) is 0 Å².